The first kappa shape index (κ1) is 15.8. The van der Waals surface area contributed by atoms with Gasteiger partial charge in [-0.2, -0.15) is 5.26 Å². The lowest BCUT2D eigenvalue weighted by molar-refractivity contribution is -0.116. The van der Waals surface area contributed by atoms with E-state index >= 15 is 0 Å². The summed E-state index contributed by atoms with van der Waals surface area (Å²) in [5.41, 5.74) is 2.61. The number of benzene rings is 2. The van der Waals surface area contributed by atoms with Crippen LogP contribution in [-0.4, -0.2) is 12.5 Å². The maximum Gasteiger partial charge on any atom is 0.244 e. The van der Waals surface area contributed by atoms with Crippen molar-refractivity contribution < 1.29 is 4.79 Å². The van der Waals surface area contributed by atoms with Gasteiger partial charge in [-0.25, -0.2) is 0 Å². The second-order valence-electron chi connectivity index (χ2n) is 4.73. The third-order valence-corrected chi connectivity index (χ3v) is 3.35. The fourth-order valence-electron chi connectivity index (χ4n) is 1.88. The van der Waals surface area contributed by atoms with Gasteiger partial charge in [0.05, 0.1) is 11.6 Å². The number of hydrogen-bond acceptors (Lipinski definition) is 2. The van der Waals surface area contributed by atoms with Crippen LogP contribution >= 0.6 is 11.6 Å². The van der Waals surface area contributed by atoms with E-state index in [9.17, 15) is 4.79 Å². The number of rotatable bonds is 5. The highest BCUT2D eigenvalue weighted by Gasteiger charge is 1.97. The Balaban J connectivity index is 1.78. The van der Waals surface area contributed by atoms with Gasteiger partial charge < -0.3 is 5.32 Å². The largest absolute Gasteiger partial charge is 0.352 e. The summed E-state index contributed by atoms with van der Waals surface area (Å²) in [6.45, 7) is 0.568. The highest BCUT2D eigenvalue weighted by atomic mass is 35.5. The smallest absolute Gasteiger partial charge is 0.244 e. The van der Waals surface area contributed by atoms with Gasteiger partial charge in [0.25, 0.3) is 0 Å². The summed E-state index contributed by atoms with van der Waals surface area (Å²) in [5.74, 6) is -0.140. The molecule has 2 rings (SSSR count). The molecular weight excluding hydrogens is 296 g/mol. The van der Waals surface area contributed by atoms with Gasteiger partial charge in [-0.1, -0.05) is 35.9 Å². The van der Waals surface area contributed by atoms with Crippen LogP contribution in [0.4, 0.5) is 0 Å². The summed E-state index contributed by atoms with van der Waals surface area (Å²) in [7, 11) is 0. The molecule has 0 radical (unpaired) electrons. The van der Waals surface area contributed by atoms with E-state index in [4.69, 9.17) is 16.9 Å². The van der Waals surface area contributed by atoms with Crippen LogP contribution < -0.4 is 5.32 Å². The van der Waals surface area contributed by atoms with Crippen molar-refractivity contribution in [3.05, 3.63) is 76.3 Å². The molecule has 4 heteroatoms. The van der Waals surface area contributed by atoms with Crippen LogP contribution in [0.3, 0.4) is 0 Å². The molecule has 0 saturated carbocycles. The van der Waals surface area contributed by atoms with Gasteiger partial charge in [0.1, 0.15) is 0 Å². The molecule has 0 bridgehead atoms. The molecule has 0 atom stereocenters. The molecule has 0 aliphatic rings. The fraction of sp³-hybridized carbons (Fsp3) is 0.111. The first-order valence-electron chi connectivity index (χ1n) is 6.88. The minimum Gasteiger partial charge on any atom is -0.352 e. The molecule has 1 amide bonds. The maximum atomic E-state index is 11.7. The highest BCUT2D eigenvalue weighted by Crippen LogP contribution is 2.09. The number of nitrogens with one attached hydrogen (secondary N) is 1. The van der Waals surface area contributed by atoms with Crippen molar-refractivity contribution in [1.29, 1.82) is 5.26 Å². The fourth-order valence-corrected chi connectivity index (χ4v) is 2.01. The Morgan fingerprint density at radius 1 is 1.14 bits per heavy atom. The molecule has 0 fully saturated rings. The van der Waals surface area contributed by atoms with E-state index < -0.39 is 0 Å². The van der Waals surface area contributed by atoms with Crippen LogP contribution in [0.5, 0.6) is 0 Å². The average molecular weight is 311 g/mol. The van der Waals surface area contributed by atoms with Crippen LogP contribution in [-0.2, 0) is 11.2 Å². The molecule has 0 aliphatic carbocycles. The lowest BCUT2D eigenvalue weighted by Gasteiger charge is -2.03. The van der Waals surface area contributed by atoms with Gasteiger partial charge in [-0.15, -0.1) is 0 Å². The lowest BCUT2D eigenvalue weighted by atomic mass is 10.1. The Bertz CT molecular complexity index is 697. The molecule has 3 nitrogen and oxygen atoms in total. The Labute approximate surface area is 134 Å². The molecule has 110 valence electrons. The van der Waals surface area contributed by atoms with E-state index in [1.54, 1.807) is 30.3 Å². The lowest BCUT2D eigenvalue weighted by Crippen LogP contribution is -2.23. The van der Waals surface area contributed by atoms with E-state index in [2.05, 4.69) is 11.4 Å². The molecule has 0 heterocycles. The summed E-state index contributed by atoms with van der Waals surface area (Å²) >= 11 is 5.82. The van der Waals surface area contributed by atoms with Crippen LogP contribution in [0.15, 0.2) is 54.6 Å². The van der Waals surface area contributed by atoms with E-state index in [0.717, 1.165) is 17.5 Å². The van der Waals surface area contributed by atoms with E-state index in [-0.39, 0.29) is 5.91 Å². The summed E-state index contributed by atoms with van der Waals surface area (Å²) in [5, 5.41) is 12.2. The van der Waals surface area contributed by atoms with Gasteiger partial charge in [-0.05, 0) is 47.9 Å². The van der Waals surface area contributed by atoms with Gasteiger partial charge in [0, 0.05) is 17.6 Å². The Hall–Kier alpha value is -2.57. The summed E-state index contributed by atoms with van der Waals surface area (Å²) in [6.07, 6.45) is 3.97. The highest BCUT2D eigenvalue weighted by molar-refractivity contribution is 6.30. The maximum absolute atomic E-state index is 11.7. The van der Waals surface area contributed by atoms with Crippen molar-refractivity contribution in [2.75, 3.05) is 6.54 Å². The molecular formula is C18H15ClN2O. The van der Waals surface area contributed by atoms with Gasteiger partial charge in [-0.3, -0.25) is 4.79 Å². The molecule has 0 aliphatic heterocycles. The average Bonchev–Trinajstić information content (AvgIpc) is 2.55. The van der Waals surface area contributed by atoms with Crippen LogP contribution in [0.25, 0.3) is 6.08 Å². The Morgan fingerprint density at radius 2 is 1.82 bits per heavy atom. The molecule has 0 saturated heterocycles. The monoisotopic (exact) mass is 310 g/mol. The molecule has 0 unspecified atom stereocenters. The van der Waals surface area contributed by atoms with E-state index in [0.29, 0.717) is 17.1 Å². The van der Waals surface area contributed by atoms with E-state index in [1.165, 1.54) is 6.08 Å². The van der Waals surface area contributed by atoms with Crippen molar-refractivity contribution in [1.82, 2.24) is 5.32 Å². The van der Waals surface area contributed by atoms with Crippen LogP contribution in [0.1, 0.15) is 16.7 Å². The van der Waals surface area contributed by atoms with Crippen molar-refractivity contribution in [3.63, 3.8) is 0 Å². The Morgan fingerprint density at radius 3 is 2.45 bits per heavy atom. The van der Waals surface area contributed by atoms with Gasteiger partial charge in [0.15, 0.2) is 0 Å². The number of nitrogens with zero attached hydrogens (tertiary/aromatic N) is 1. The quantitative estimate of drug-likeness (QED) is 0.858. The van der Waals surface area contributed by atoms with Crippen molar-refractivity contribution >= 4 is 23.6 Å². The third kappa shape index (κ3) is 5.08. The minimum atomic E-state index is -0.140. The number of halogens is 1. The zero-order chi connectivity index (χ0) is 15.8. The number of amides is 1. The predicted molar refractivity (Wildman–Crippen MR) is 88.4 cm³/mol. The van der Waals surface area contributed by atoms with Gasteiger partial charge in [0.2, 0.25) is 5.91 Å². The number of nitriles is 1. The second kappa shape index (κ2) is 8.02. The number of carbonyl (C=O) groups excluding carboxylic acids is 1. The molecule has 2 aromatic carbocycles. The molecule has 22 heavy (non-hydrogen) atoms. The molecule has 0 spiro atoms. The van der Waals surface area contributed by atoms with Crippen molar-refractivity contribution in [2.24, 2.45) is 0 Å². The van der Waals surface area contributed by atoms with Crippen molar-refractivity contribution in [3.8, 4) is 6.07 Å². The SMILES string of the molecule is N#Cc1ccc(/C=C/C(=O)NCCc2ccc(Cl)cc2)cc1. The molecule has 0 aromatic heterocycles. The Kier molecular flexibility index (Phi) is 5.76. The van der Waals surface area contributed by atoms with Crippen molar-refractivity contribution in [2.45, 2.75) is 6.42 Å². The third-order valence-electron chi connectivity index (χ3n) is 3.09. The second-order valence-corrected chi connectivity index (χ2v) is 5.17. The minimum absolute atomic E-state index is 0.140. The zero-order valence-electron chi connectivity index (χ0n) is 11.9. The first-order valence-corrected chi connectivity index (χ1v) is 7.26. The number of carbonyl (C=O) groups is 1. The number of hydrogen-bond donors (Lipinski definition) is 1. The topological polar surface area (TPSA) is 52.9 Å². The van der Waals surface area contributed by atoms with Gasteiger partial charge >= 0.3 is 0 Å². The standard InChI is InChI=1S/C18H15ClN2O/c19-17-8-5-15(6-9-17)11-12-21-18(22)10-7-14-1-3-16(13-20)4-2-14/h1-10H,11-12H2,(H,21,22)/b10-7+. The normalized spacial score (nSPS) is 10.4. The summed E-state index contributed by atoms with van der Waals surface area (Å²) in [4.78, 5) is 11.7. The first-order chi connectivity index (χ1) is 10.7. The molecule has 2 aromatic rings. The summed E-state index contributed by atoms with van der Waals surface area (Å²) in [6, 6.07) is 16.7. The van der Waals surface area contributed by atoms with Crippen LogP contribution in [0, 0.1) is 11.3 Å². The summed E-state index contributed by atoms with van der Waals surface area (Å²) < 4.78 is 0. The van der Waals surface area contributed by atoms with Crippen LogP contribution in [0.2, 0.25) is 5.02 Å². The predicted octanol–water partition coefficient (Wildman–Crippen LogP) is 3.58. The zero-order valence-corrected chi connectivity index (χ0v) is 12.7. The molecule has 1 N–H and O–H groups in total. The van der Waals surface area contributed by atoms with E-state index in [1.807, 2.05) is 24.3 Å².